The van der Waals surface area contributed by atoms with Gasteiger partial charge in [-0.3, -0.25) is 0 Å². The number of nitrogens with zero attached hydrogens (tertiary/aromatic N) is 1. The first-order valence-corrected chi connectivity index (χ1v) is 21.8. The van der Waals surface area contributed by atoms with Crippen LogP contribution in [0.3, 0.4) is 0 Å². The molecule has 7 rings (SSSR count). The van der Waals surface area contributed by atoms with Crippen molar-refractivity contribution < 1.29 is 47.2 Å². The molecule has 1 fully saturated rings. The van der Waals surface area contributed by atoms with Crippen LogP contribution in [0.1, 0.15) is 51.8 Å². The molecule has 5 aromatic carbocycles. The van der Waals surface area contributed by atoms with Crippen LogP contribution in [0.2, 0.25) is 5.04 Å². The molecule has 0 N–H and O–H groups in total. The molecule has 0 bridgehead atoms. The number of pyridine rings is 1. The maximum Gasteiger partial charge on any atom is 0.338 e. The lowest BCUT2D eigenvalue weighted by Gasteiger charge is -2.47. The first-order valence-electron chi connectivity index (χ1n) is 19.9. The zero-order valence-corrected chi connectivity index (χ0v) is 35.3. The normalized spacial score (nSPS) is 18.9. The van der Waals surface area contributed by atoms with Crippen molar-refractivity contribution in [2.45, 2.75) is 56.5 Å². The Kier molecular flexibility index (Phi) is 13.4. The predicted octanol–water partition coefficient (Wildman–Crippen LogP) is 7.45. The van der Waals surface area contributed by atoms with Crippen molar-refractivity contribution in [1.82, 2.24) is 4.98 Å². The monoisotopic (exact) mass is 837 g/mol. The number of hydrogen-bond donors (Lipinski definition) is 0. The van der Waals surface area contributed by atoms with Gasteiger partial charge in [0, 0.05) is 6.20 Å². The zero-order valence-electron chi connectivity index (χ0n) is 34.3. The second-order valence-electron chi connectivity index (χ2n) is 15.4. The number of hydrogen-bond acceptors (Lipinski definition) is 11. The van der Waals surface area contributed by atoms with Gasteiger partial charge >= 0.3 is 17.9 Å². The maximum absolute atomic E-state index is 14.2. The summed E-state index contributed by atoms with van der Waals surface area (Å²) >= 11 is 0. The first kappa shape index (κ1) is 42.5. The van der Waals surface area contributed by atoms with Gasteiger partial charge in [0.05, 0.1) is 30.4 Å². The largest absolute Gasteiger partial charge is 0.491 e. The summed E-state index contributed by atoms with van der Waals surface area (Å²) in [5.41, 5.74) is 0.649. The Balaban J connectivity index is 1.38. The van der Waals surface area contributed by atoms with E-state index in [1.165, 1.54) is 13.3 Å². The Hall–Kier alpha value is -6.60. The van der Waals surface area contributed by atoms with Crippen molar-refractivity contribution in [3.63, 3.8) is 0 Å². The number of methoxy groups -OCH3 is 1. The first-order chi connectivity index (χ1) is 29.6. The quantitative estimate of drug-likeness (QED) is 0.0617. The summed E-state index contributed by atoms with van der Waals surface area (Å²) in [6.45, 7) is 6.22. The summed E-state index contributed by atoms with van der Waals surface area (Å²) in [5, 5.41) is 1.54. The molecule has 1 aliphatic rings. The van der Waals surface area contributed by atoms with E-state index < -0.39 is 62.0 Å². The lowest BCUT2D eigenvalue weighted by atomic mass is 9.97. The molecule has 1 aliphatic heterocycles. The van der Waals surface area contributed by atoms with Crippen LogP contribution in [-0.4, -0.2) is 75.6 Å². The van der Waals surface area contributed by atoms with E-state index in [-0.39, 0.29) is 34.9 Å². The molecule has 61 heavy (non-hydrogen) atoms. The van der Waals surface area contributed by atoms with Crippen LogP contribution in [-0.2, 0) is 23.4 Å². The van der Waals surface area contributed by atoms with E-state index in [2.05, 4.69) is 50.0 Å². The highest BCUT2D eigenvalue weighted by atomic mass is 28.4. The van der Waals surface area contributed by atoms with Gasteiger partial charge in [-0.15, -0.1) is 0 Å². The minimum absolute atomic E-state index is 0.00952. The number of ether oxygens (including phenoxy) is 6. The third kappa shape index (κ3) is 9.57. The molecule has 0 saturated carbocycles. The summed E-state index contributed by atoms with van der Waals surface area (Å²) in [6.07, 6.45) is -5.66. The van der Waals surface area contributed by atoms with E-state index in [9.17, 15) is 14.4 Å². The molecule has 6 aromatic rings. The van der Waals surface area contributed by atoms with Gasteiger partial charge in [-0.2, -0.15) is 0 Å². The summed E-state index contributed by atoms with van der Waals surface area (Å²) in [6, 6.07) is 48.4. The number of aromatic nitrogens is 1. The fraction of sp³-hybridized carbons (Fsp3) is 0.224. The molecular formula is C49H47NO10Si. The summed E-state index contributed by atoms with van der Waals surface area (Å²) in [7, 11) is -1.80. The molecule has 1 aromatic heterocycles. The predicted molar refractivity (Wildman–Crippen MR) is 231 cm³/mol. The van der Waals surface area contributed by atoms with E-state index in [1.807, 2.05) is 36.4 Å². The van der Waals surface area contributed by atoms with Gasteiger partial charge in [0.15, 0.2) is 18.0 Å². The van der Waals surface area contributed by atoms with E-state index >= 15 is 0 Å². The standard InChI is InChI=1S/C49H47NO10Si/c1-49(2,3)61(37-27-16-8-17-28-37,38-29-18-9-19-30-38)55-33-40-41(57-45(51)34-21-10-5-11-22-34)42(58-46(52)35-23-12-6-13-24-35)43(59-47(53)36-25-14-7-15-26-36)48(56-40)60-44-39(54-4)31-20-32-50-44/h5-32,40-43,48H,33H2,1-4H3/t40-,41+,42+,43-,48+/m1/s1. The maximum atomic E-state index is 14.2. The molecule has 0 radical (unpaired) electrons. The van der Waals surface area contributed by atoms with Crippen molar-refractivity contribution >= 4 is 36.6 Å². The molecule has 2 heterocycles. The molecular weight excluding hydrogens is 791 g/mol. The van der Waals surface area contributed by atoms with Gasteiger partial charge < -0.3 is 32.8 Å². The average Bonchev–Trinajstić information content (AvgIpc) is 3.29. The number of rotatable bonds is 14. The highest BCUT2D eigenvalue weighted by molar-refractivity contribution is 6.99. The number of esters is 3. The van der Waals surface area contributed by atoms with Crippen LogP contribution in [0.15, 0.2) is 170 Å². The van der Waals surface area contributed by atoms with Gasteiger partial charge in [0.2, 0.25) is 12.4 Å². The third-order valence-corrected chi connectivity index (χ3v) is 15.4. The van der Waals surface area contributed by atoms with E-state index in [0.717, 1.165) is 10.4 Å². The van der Waals surface area contributed by atoms with E-state index in [0.29, 0.717) is 0 Å². The lowest BCUT2D eigenvalue weighted by Crippen LogP contribution is -2.69. The summed E-state index contributed by atoms with van der Waals surface area (Å²) in [4.78, 5) is 46.7. The fourth-order valence-electron chi connectivity index (χ4n) is 7.51. The Morgan fingerprint density at radius 3 is 1.44 bits per heavy atom. The van der Waals surface area contributed by atoms with Gasteiger partial charge in [0.1, 0.15) is 6.10 Å². The van der Waals surface area contributed by atoms with Crippen LogP contribution in [0, 0.1) is 0 Å². The molecule has 1 saturated heterocycles. The molecule has 0 spiro atoms. The lowest BCUT2D eigenvalue weighted by molar-refractivity contribution is -0.275. The average molecular weight is 838 g/mol. The molecule has 0 aliphatic carbocycles. The smallest absolute Gasteiger partial charge is 0.338 e. The molecule has 12 heteroatoms. The summed E-state index contributed by atoms with van der Waals surface area (Å²) in [5.74, 6) is -2.00. The number of carbonyl (C=O) groups is 3. The van der Waals surface area contributed by atoms with Crippen LogP contribution >= 0.6 is 0 Å². The molecule has 312 valence electrons. The van der Waals surface area contributed by atoms with Crippen LogP contribution in [0.4, 0.5) is 0 Å². The molecule has 0 unspecified atom stereocenters. The molecule has 0 amide bonds. The van der Waals surface area contributed by atoms with Crippen molar-refractivity contribution in [2.24, 2.45) is 0 Å². The fourth-order valence-corrected chi connectivity index (χ4v) is 12.1. The van der Waals surface area contributed by atoms with Crippen LogP contribution in [0.25, 0.3) is 0 Å². The molecule has 11 nitrogen and oxygen atoms in total. The van der Waals surface area contributed by atoms with Gasteiger partial charge in [0.25, 0.3) is 14.2 Å². The SMILES string of the molecule is COc1cccnc1O[C@@H]1O[C@H](CO[Si](c2ccccc2)(c2ccccc2)C(C)(C)C)[C@H](OC(=O)c2ccccc2)[C@H](OC(=O)c2ccccc2)[C@H]1OC(=O)c1ccccc1. The topological polar surface area (TPSA) is 129 Å². The van der Waals surface area contributed by atoms with Gasteiger partial charge in [-0.25, -0.2) is 19.4 Å². The second kappa shape index (κ2) is 19.2. The highest BCUT2D eigenvalue weighted by Crippen LogP contribution is 2.39. The van der Waals surface area contributed by atoms with E-state index in [4.69, 9.17) is 32.8 Å². The van der Waals surface area contributed by atoms with Gasteiger partial charge in [-0.05, 0) is 63.9 Å². The van der Waals surface area contributed by atoms with Crippen molar-refractivity contribution in [3.05, 3.63) is 187 Å². The van der Waals surface area contributed by atoms with Crippen LogP contribution in [0.5, 0.6) is 11.6 Å². The van der Waals surface area contributed by atoms with Gasteiger partial charge in [-0.1, -0.05) is 136 Å². The minimum atomic E-state index is -3.26. The zero-order chi connectivity index (χ0) is 42.8. The molecule has 5 atom stereocenters. The summed E-state index contributed by atoms with van der Waals surface area (Å²) < 4.78 is 45.2. The van der Waals surface area contributed by atoms with Crippen LogP contribution < -0.4 is 19.8 Å². The van der Waals surface area contributed by atoms with Crippen molar-refractivity contribution in [2.75, 3.05) is 13.7 Å². The second-order valence-corrected chi connectivity index (χ2v) is 19.7. The highest BCUT2D eigenvalue weighted by Gasteiger charge is 2.56. The van der Waals surface area contributed by atoms with Crippen molar-refractivity contribution in [1.29, 1.82) is 0 Å². The Morgan fingerprint density at radius 1 is 0.574 bits per heavy atom. The Labute approximate surface area is 356 Å². The van der Waals surface area contributed by atoms with E-state index in [1.54, 1.807) is 103 Å². The minimum Gasteiger partial charge on any atom is -0.491 e. The van der Waals surface area contributed by atoms with Crippen molar-refractivity contribution in [3.8, 4) is 11.6 Å². The number of benzene rings is 5. The Morgan fingerprint density at radius 2 is 1.00 bits per heavy atom. The Bertz CT molecular complexity index is 2320. The number of carbonyl (C=O) groups excluding carboxylic acids is 3. The third-order valence-electron chi connectivity index (χ3n) is 10.4.